The largest absolute Gasteiger partial charge is 0.385 e. The molecule has 3 nitrogen and oxygen atoms in total. The number of rotatable bonds is 3. The van der Waals surface area contributed by atoms with Gasteiger partial charge in [0.1, 0.15) is 5.03 Å². The first-order valence-corrected chi connectivity index (χ1v) is 6.98. The van der Waals surface area contributed by atoms with E-state index >= 15 is 0 Å². The minimum Gasteiger partial charge on any atom is -0.385 e. The summed E-state index contributed by atoms with van der Waals surface area (Å²) in [7, 11) is 0. The third kappa shape index (κ3) is 3.12. The summed E-state index contributed by atoms with van der Waals surface area (Å²) in [6.07, 6.45) is 7.85. The molecule has 2 rings (SSSR count). The summed E-state index contributed by atoms with van der Waals surface area (Å²) in [6, 6.07) is 7.69. The minimum absolute atomic E-state index is 0.725. The quantitative estimate of drug-likeness (QED) is 0.669. The summed E-state index contributed by atoms with van der Waals surface area (Å²) in [5.41, 5.74) is -0.837. The molecule has 1 N–H and O–H groups in total. The molecule has 0 amide bonds. The maximum absolute atomic E-state index is 10.7. The Kier molecular flexibility index (Phi) is 4.40. The average Bonchev–Trinajstić information content (AvgIpc) is 2.40. The number of hydrogen-bond acceptors (Lipinski definition) is 4. The summed E-state index contributed by atoms with van der Waals surface area (Å²) in [5, 5.41) is 20.4. The molecule has 94 valence electrons. The van der Waals surface area contributed by atoms with Gasteiger partial charge in [0, 0.05) is 17.2 Å². The normalized spacial score (nSPS) is 19.2. The molecule has 0 aliphatic heterocycles. The lowest BCUT2D eigenvalue weighted by Crippen LogP contribution is -2.32. The van der Waals surface area contributed by atoms with Gasteiger partial charge in [-0.1, -0.05) is 37.1 Å². The Balaban J connectivity index is 2.19. The number of thioether (sulfide) groups is 1. The van der Waals surface area contributed by atoms with Crippen LogP contribution in [0.2, 0.25) is 0 Å². The van der Waals surface area contributed by atoms with E-state index in [1.54, 1.807) is 6.20 Å². The molecule has 0 spiro atoms. The molecule has 1 aliphatic rings. The van der Waals surface area contributed by atoms with Crippen LogP contribution in [0.1, 0.15) is 32.1 Å². The lowest BCUT2D eigenvalue weighted by atomic mass is 9.84. The van der Waals surface area contributed by atoms with Crippen molar-refractivity contribution in [3.63, 3.8) is 0 Å². The molecule has 1 saturated carbocycles. The van der Waals surface area contributed by atoms with E-state index in [2.05, 4.69) is 4.98 Å². The Labute approximate surface area is 112 Å². The van der Waals surface area contributed by atoms with Crippen molar-refractivity contribution in [1.29, 1.82) is 5.26 Å². The van der Waals surface area contributed by atoms with Crippen molar-refractivity contribution in [2.45, 2.75) is 42.7 Å². The van der Waals surface area contributed by atoms with E-state index in [4.69, 9.17) is 5.26 Å². The van der Waals surface area contributed by atoms with Crippen LogP contribution in [0.4, 0.5) is 0 Å². The van der Waals surface area contributed by atoms with Crippen molar-refractivity contribution >= 4 is 11.8 Å². The number of aliphatic hydroxyl groups is 1. The van der Waals surface area contributed by atoms with Gasteiger partial charge >= 0.3 is 0 Å². The Bertz CT molecular complexity index is 458. The highest BCUT2D eigenvalue weighted by molar-refractivity contribution is 8.03. The number of hydrogen-bond donors (Lipinski definition) is 1. The van der Waals surface area contributed by atoms with E-state index < -0.39 is 5.60 Å². The molecule has 4 heteroatoms. The zero-order chi connectivity index (χ0) is 12.8. The van der Waals surface area contributed by atoms with Crippen LogP contribution in [0.3, 0.4) is 0 Å². The lowest BCUT2D eigenvalue weighted by Gasteiger charge is -2.33. The van der Waals surface area contributed by atoms with E-state index in [0.717, 1.165) is 42.0 Å². The Hall–Kier alpha value is -1.31. The van der Waals surface area contributed by atoms with Gasteiger partial charge in [0.05, 0.1) is 11.7 Å². The third-order valence-electron chi connectivity index (χ3n) is 3.19. The fourth-order valence-electron chi connectivity index (χ4n) is 2.22. The summed E-state index contributed by atoms with van der Waals surface area (Å²) in [6.45, 7) is 0. The average molecular weight is 260 g/mol. The van der Waals surface area contributed by atoms with Crippen LogP contribution in [0, 0.1) is 11.3 Å². The molecule has 0 unspecified atom stereocenters. The molecule has 1 aliphatic carbocycles. The molecule has 18 heavy (non-hydrogen) atoms. The summed E-state index contributed by atoms with van der Waals surface area (Å²) in [5.74, 6) is 0. The maximum Gasteiger partial charge on any atom is 0.101 e. The SMILES string of the molecule is N#C/C=C(\Sc1ccccn1)C1(O)CCCCC1. The van der Waals surface area contributed by atoms with E-state index in [1.165, 1.54) is 17.8 Å². The van der Waals surface area contributed by atoms with Crippen molar-refractivity contribution in [3.05, 3.63) is 35.4 Å². The van der Waals surface area contributed by atoms with E-state index in [0.29, 0.717) is 0 Å². The molecule has 0 aromatic carbocycles. The highest BCUT2D eigenvalue weighted by Crippen LogP contribution is 2.41. The van der Waals surface area contributed by atoms with Crippen LogP contribution in [0.5, 0.6) is 0 Å². The smallest absolute Gasteiger partial charge is 0.101 e. The van der Waals surface area contributed by atoms with Crippen LogP contribution in [0.25, 0.3) is 0 Å². The van der Waals surface area contributed by atoms with E-state index in [9.17, 15) is 5.11 Å². The second-order valence-corrected chi connectivity index (χ2v) is 5.56. The molecule has 0 radical (unpaired) electrons. The Morgan fingerprint density at radius 2 is 2.17 bits per heavy atom. The molecule has 1 fully saturated rings. The Morgan fingerprint density at radius 3 is 2.78 bits per heavy atom. The predicted octanol–water partition coefficient (Wildman–Crippen LogP) is 3.28. The minimum atomic E-state index is -0.837. The third-order valence-corrected chi connectivity index (χ3v) is 4.36. The van der Waals surface area contributed by atoms with Gasteiger partial charge in [0.2, 0.25) is 0 Å². The van der Waals surface area contributed by atoms with Gasteiger partial charge in [-0.3, -0.25) is 0 Å². The number of allylic oxidation sites excluding steroid dienone is 1. The molecular formula is C14H16N2OS. The predicted molar refractivity (Wildman–Crippen MR) is 71.8 cm³/mol. The van der Waals surface area contributed by atoms with Gasteiger partial charge in [-0.2, -0.15) is 5.26 Å². The fourth-order valence-corrected chi connectivity index (χ4v) is 3.21. The molecule has 1 aromatic rings. The molecule has 1 aromatic heterocycles. The first-order chi connectivity index (χ1) is 8.74. The fraction of sp³-hybridized carbons (Fsp3) is 0.429. The van der Waals surface area contributed by atoms with Crippen molar-refractivity contribution in [1.82, 2.24) is 4.98 Å². The van der Waals surface area contributed by atoms with Crippen molar-refractivity contribution in [3.8, 4) is 6.07 Å². The van der Waals surface area contributed by atoms with Crippen LogP contribution in [-0.4, -0.2) is 15.7 Å². The van der Waals surface area contributed by atoms with Crippen LogP contribution in [0.15, 0.2) is 40.4 Å². The van der Waals surface area contributed by atoms with Gasteiger partial charge < -0.3 is 5.11 Å². The molecule has 0 bridgehead atoms. The number of nitrogens with zero attached hydrogens (tertiary/aromatic N) is 2. The van der Waals surface area contributed by atoms with Crippen molar-refractivity contribution < 1.29 is 5.11 Å². The molecule has 0 atom stereocenters. The summed E-state index contributed by atoms with van der Waals surface area (Å²) >= 11 is 1.40. The molecule has 0 saturated heterocycles. The topological polar surface area (TPSA) is 56.9 Å². The zero-order valence-electron chi connectivity index (χ0n) is 10.2. The zero-order valence-corrected chi connectivity index (χ0v) is 11.0. The van der Waals surface area contributed by atoms with Gasteiger partial charge in [0.25, 0.3) is 0 Å². The first-order valence-electron chi connectivity index (χ1n) is 6.16. The van der Waals surface area contributed by atoms with Crippen LogP contribution >= 0.6 is 11.8 Å². The van der Waals surface area contributed by atoms with Gasteiger partial charge in [0.15, 0.2) is 0 Å². The Morgan fingerprint density at radius 1 is 1.39 bits per heavy atom. The standard InChI is InChI=1S/C14H16N2OS/c15-10-7-12(14(17)8-3-1-4-9-14)18-13-6-2-5-11-16-13/h2,5-7,11,17H,1,3-4,8-9H2/b12-7-. The summed E-state index contributed by atoms with van der Waals surface area (Å²) in [4.78, 5) is 4.95. The summed E-state index contributed by atoms with van der Waals surface area (Å²) < 4.78 is 0. The van der Waals surface area contributed by atoms with Gasteiger partial charge in [-0.05, 0) is 25.0 Å². The van der Waals surface area contributed by atoms with Crippen LogP contribution in [-0.2, 0) is 0 Å². The van der Waals surface area contributed by atoms with Crippen molar-refractivity contribution in [2.24, 2.45) is 0 Å². The second-order valence-electron chi connectivity index (χ2n) is 4.50. The van der Waals surface area contributed by atoms with Crippen LogP contribution < -0.4 is 0 Å². The molecular weight excluding hydrogens is 244 g/mol. The monoisotopic (exact) mass is 260 g/mol. The highest BCUT2D eigenvalue weighted by Gasteiger charge is 2.34. The van der Waals surface area contributed by atoms with E-state index in [1.807, 2.05) is 24.3 Å². The van der Waals surface area contributed by atoms with Crippen molar-refractivity contribution in [2.75, 3.05) is 0 Å². The molecule has 1 heterocycles. The number of nitriles is 1. The number of pyridine rings is 1. The second kappa shape index (κ2) is 6.03. The first kappa shape index (κ1) is 13.1. The van der Waals surface area contributed by atoms with Gasteiger partial charge in [-0.25, -0.2) is 4.98 Å². The lowest BCUT2D eigenvalue weighted by molar-refractivity contribution is 0.0477. The maximum atomic E-state index is 10.7. The number of aromatic nitrogens is 1. The van der Waals surface area contributed by atoms with E-state index in [-0.39, 0.29) is 0 Å². The van der Waals surface area contributed by atoms with Gasteiger partial charge in [-0.15, -0.1) is 0 Å². The highest BCUT2D eigenvalue weighted by atomic mass is 32.2.